The van der Waals surface area contributed by atoms with Crippen molar-refractivity contribution in [2.24, 2.45) is 7.05 Å². The number of carboxylic acids is 1. The molecule has 1 unspecified atom stereocenters. The molecule has 0 bridgehead atoms. The van der Waals surface area contributed by atoms with Crippen LogP contribution in [0.25, 0.3) is 0 Å². The Hall–Kier alpha value is -1.41. The van der Waals surface area contributed by atoms with Crippen LogP contribution in [0.1, 0.15) is 32.0 Å². The number of aromatic nitrogens is 2. The standard InChI is InChI=1S/C12H19N3O4S/c1-9-13-10(8-14(9)3)20(18,19)15-7-5-4-6-12(15,2)11(16)17/h8H,4-7H2,1-3H3,(H,16,17). The molecule has 1 N–H and O–H groups in total. The van der Waals surface area contributed by atoms with Gasteiger partial charge in [0.2, 0.25) is 0 Å². The van der Waals surface area contributed by atoms with Gasteiger partial charge in [-0.3, -0.25) is 4.79 Å². The van der Waals surface area contributed by atoms with Crippen molar-refractivity contribution < 1.29 is 18.3 Å². The van der Waals surface area contributed by atoms with Crippen LogP contribution in [0.5, 0.6) is 0 Å². The van der Waals surface area contributed by atoms with Crippen molar-refractivity contribution in [1.29, 1.82) is 0 Å². The lowest BCUT2D eigenvalue weighted by molar-refractivity contribution is -0.149. The summed E-state index contributed by atoms with van der Waals surface area (Å²) in [5.41, 5.74) is -1.40. The summed E-state index contributed by atoms with van der Waals surface area (Å²) in [6.07, 6.45) is 3.10. The summed E-state index contributed by atoms with van der Waals surface area (Å²) in [7, 11) is -2.19. The minimum Gasteiger partial charge on any atom is -0.480 e. The quantitative estimate of drug-likeness (QED) is 0.889. The summed E-state index contributed by atoms with van der Waals surface area (Å²) in [5, 5.41) is 9.32. The second-order valence-electron chi connectivity index (χ2n) is 5.35. The van der Waals surface area contributed by atoms with E-state index in [4.69, 9.17) is 0 Å². The van der Waals surface area contributed by atoms with Gasteiger partial charge in [-0.25, -0.2) is 13.4 Å². The Morgan fingerprint density at radius 1 is 1.45 bits per heavy atom. The molecule has 8 heteroatoms. The Morgan fingerprint density at radius 3 is 2.60 bits per heavy atom. The molecule has 2 heterocycles. The zero-order chi connectivity index (χ0) is 15.1. The largest absolute Gasteiger partial charge is 0.480 e. The van der Waals surface area contributed by atoms with E-state index in [9.17, 15) is 18.3 Å². The summed E-state index contributed by atoms with van der Waals surface area (Å²) < 4.78 is 28.0. The van der Waals surface area contributed by atoms with Gasteiger partial charge in [-0.15, -0.1) is 0 Å². The molecule has 20 heavy (non-hydrogen) atoms. The van der Waals surface area contributed by atoms with E-state index < -0.39 is 21.5 Å². The summed E-state index contributed by atoms with van der Waals surface area (Å²) in [6.45, 7) is 3.37. The fourth-order valence-electron chi connectivity index (χ4n) is 2.46. The molecular formula is C12H19N3O4S. The highest BCUT2D eigenvalue weighted by Gasteiger charge is 2.48. The van der Waals surface area contributed by atoms with Gasteiger partial charge in [0.15, 0.2) is 5.03 Å². The number of aliphatic carboxylic acids is 1. The van der Waals surface area contributed by atoms with Crippen molar-refractivity contribution >= 4 is 16.0 Å². The normalized spacial score (nSPS) is 24.8. The van der Waals surface area contributed by atoms with Crippen LogP contribution in [0.3, 0.4) is 0 Å². The summed E-state index contributed by atoms with van der Waals surface area (Å²) >= 11 is 0. The Kier molecular flexibility index (Phi) is 3.64. The third-order valence-corrected chi connectivity index (χ3v) is 5.82. The average molecular weight is 301 g/mol. The molecule has 112 valence electrons. The van der Waals surface area contributed by atoms with Gasteiger partial charge >= 0.3 is 5.97 Å². The highest BCUT2D eigenvalue weighted by atomic mass is 32.2. The molecule has 1 saturated heterocycles. The number of sulfonamides is 1. The average Bonchev–Trinajstić information content (AvgIpc) is 2.70. The molecule has 0 aromatic carbocycles. The third-order valence-electron chi connectivity index (χ3n) is 3.93. The topological polar surface area (TPSA) is 92.5 Å². The first-order valence-corrected chi connectivity index (χ1v) is 7.90. The zero-order valence-electron chi connectivity index (χ0n) is 11.8. The van der Waals surface area contributed by atoms with Gasteiger partial charge in [-0.05, 0) is 33.1 Å². The van der Waals surface area contributed by atoms with Crippen LogP contribution in [-0.4, -0.2) is 45.4 Å². The SMILES string of the molecule is Cc1nc(S(=O)(=O)N2CCCCC2(C)C(=O)O)cn1C. The van der Waals surface area contributed by atoms with Crippen LogP contribution in [0.15, 0.2) is 11.2 Å². The first-order valence-electron chi connectivity index (χ1n) is 6.46. The maximum Gasteiger partial charge on any atom is 0.324 e. The molecule has 1 aromatic rings. The second kappa shape index (κ2) is 4.85. The van der Waals surface area contributed by atoms with Crippen molar-refractivity contribution in [3.05, 3.63) is 12.0 Å². The van der Waals surface area contributed by atoms with Crippen LogP contribution in [-0.2, 0) is 21.9 Å². The zero-order valence-corrected chi connectivity index (χ0v) is 12.6. The summed E-state index contributed by atoms with van der Waals surface area (Å²) in [5.74, 6) is -0.550. The molecule has 1 atom stereocenters. The third kappa shape index (κ3) is 2.22. The van der Waals surface area contributed by atoms with Crippen LogP contribution >= 0.6 is 0 Å². The van der Waals surface area contributed by atoms with E-state index in [0.29, 0.717) is 25.1 Å². The Bertz CT molecular complexity index is 618. The van der Waals surface area contributed by atoms with E-state index in [-0.39, 0.29) is 11.6 Å². The van der Waals surface area contributed by atoms with Crippen molar-refractivity contribution in [2.45, 2.75) is 43.7 Å². The van der Waals surface area contributed by atoms with Crippen LogP contribution < -0.4 is 0 Å². The molecule has 0 aliphatic carbocycles. The van der Waals surface area contributed by atoms with Crippen molar-refractivity contribution in [3.8, 4) is 0 Å². The second-order valence-corrected chi connectivity index (χ2v) is 7.16. The monoisotopic (exact) mass is 301 g/mol. The summed E-state index contributed by atoms with van der Waals surface area (Å²) in [6, 6.07) is 0. The van der Waals surface area contributed by atoms with Gasteiger partial charge in [-0.1, -0.05) is 0 Å². The van der Waals surface area contributed by atoms with E-state index in [1.54, 1.807) is 18.5 Å². The number of hydrogen-bond donors (Lipinski definition) is 1. The molecule has 0 radical (unpaired) electrons. The highest BCUT2D eigenvalue weighted by molar-refractivity contribution is 7.89. The van der Waals surface area contributed by atoms with Crippen LogP contribution in [0.4, 0.5) is 0 Å². The van der Waals surface area contributed by atoms with E-state index in [1.165, 1.54) is 13.1 Å². The number of hydrogen-bond acceptors (Lipinski definition) is 4. The molecule has 7 nitrogen and oxygen atoms in total. The minimum absolute atomic E-state index is 0.0909. The van der Waals surface area contributed by atoms with Crippen molar-refractivity contribution in [1.82, 2.24) is 13.9 Å². The maximum atomic E-state index is 12.7. The number of rotatable bonds is 3. The van der Waals surface area contributed by atoms with E-state index in [0.717, 1.165) is 4.31 Å². The lowest BCUT2D eigenvalue weighted by Crippen LogP contribution is -2.57. The molecular weight excluding hydrogens is 282 g/mol. The fourth-order valence-corrected chi connectivity index (χ4v) is 4.29. The van der Waals surface area contributed by atoms with E-state index in [1.807, 2.05) is 0 Å². The van der Waals surface area contributed by atoms with Gasteiger partial charge in [0.05, 0.1) is 0 Å². The van der Waals surface area contributed by atoms with Gasteiger partial charge in [0, 0.05) is 19.8 Å². The predicted octanol–water partition coefficient (Wildman–Crippen LogP) is 0.746. The number of aryl methyl sites for hydroxylation is 2. The number of carbonyl (C=O) groups is 1. The van der Waals surface area contributed by atoms with E-state index >= 15 is 0 Å². The van der Waals surface area contributed by atoms with Crippen molar-refractivity contribution in [2.75, 3.05) is 6.54 Å². The Labute approximate surface area is 118 Å². The molecule has 1 aliphatic rings. The predicted molar refractivity (Wildman–Crippen MR) is 71.7 cm³/mol. The van der Waals surface area contributed by atoms with Crippen molar-refractivity contribution in [3.63, 3.8) is 0 Å². The number of imidazole rings is 1. The molecule has 2 rings (SSSR count). The lowest BCUT2D eigenvalue weighted by atomic mass is 9.91. The molecule has 1 aliphatic heterocycles. The fraction of sp³-hybridized carbons (Fsp3) is 0.667. The smallest absolute Gasteiger partial charge is 0.324 e. The maximum absolute atomic E-state index is 12.7. The van der Waals surface area contributed by atoms with Gasteiger partial charge < -0.3 is 9.67 Å². The molecule has 0 amide bonds. The number of piperidine rings is 1. The van der Waals surface area contributed by atoms with Gasteiger partial charge in [-0.2, -0.15) is 4.31 Å². The Balaban J connectivity index is 2.49. The van der Waals surface area contributed by atoms with E-state index in [2.05, 4.69) is 4.98 Å². The molecule has 1 aromatic heterocycles. The van der Waals surface area contributed by atoms with Crippen LogP contribution in [0, 0.1) is 6.92 Å². The first-order chi connectivity index (χ1) is 9.19. The van der Waals surface area contributed by atoms with Gasteiger partial charge in [0.1, 0.15) is 11.4 Å². The molecule has 1 fully saturated rings. The van der Waals surface area contributed by atoms with Crippen LogP contribution in [0.2, 0.25) is 0 Å². The molecule has 0 saturated carbocycles. The number of carboxylic acid groups (broad SMARTS) is 1. The lowest BCUT2D eigenvalue weighted by Gasteiger charge is -2.39. The minimum atomic E-state index is -3.90. The number of nitrogens with zero attached hydrogens (tertiary/aromatic N) is 3. The highest BCUT2D eigenvalue weighted by Crippen LogP contribution is 2.33. The molecule has 0 spiro atoms. The summed E-state index contributed by atoms with van der Waals surface area (Å²) in [4.78, 5) is 15.5. The first kappa shape index (κ1) is 15.0. The van der Waals surface area contributed by atoms with Gasteiger partial charge in [0.25, 0.3) is 10.0 Å². The Morgan fingerprint density at radius 2 is 2.10 bits per heavy atom.